The summed E-state index contributed by atoms with van der Waals surface area (Å²) >= 11 is 3.33. The van der Waals surface area contributed by atoms with Crippen molar-refractivity contribution in [1.82, 2.24) is 5.32 Å². The summed E-state index contributed by atoms with van der Waals surface area (Å²) in [6.07, 6.45) is 0. The van der Waals surface area contributed by atoms with Gasteiger partial charge in [0.25, 0.3) is 0 Å². The first kappa shape index (κ1) is 14.1. The predicted octanol–water partition coefficient (Wildman–Crippen LogP) is 4.31. The van der Waals surface area contributed by atoms with E-state index >= 15 is 0 Å². The summed E-state index contributed by atoms with van der Waals surface area (Å²) in [6, 6.07) is 14.4. The van der Waals surface area contributed by atoms with Gasteiger partial charge in [-0.2, -0.15) is 0 Å². The fraction of sp³-hybridized carbons (Fsp3) is 0.250. The number of phenols is 1. The number of rotatable bonds is 4. The first-order valence-corrected chi connectivity index (χ1v) is 7.13. The summed E-state index contributed by atoms with van der Waals surface area (Å²) in [5.74, 6) is 0.274. The molecule has 3 heteroatoms. The Labute approximate surface area is 122 Å². The van der Waals surface area contributed by atoms with Gasteiger partial charge in [0.2, 0.25) is 0 Å². The fourth-order valence-electron chi connectivity index (χ4n) is 1.99. The van der Waals surface area contributed by atoms with Crippen LogP contribution >= 0.6 is 15.9 Å². The van der Waals surface area contributed by atoms with Crippen molar-refractivity contribution in [2.45, 2.75) is 26.4 Å². The molecule has 0 amide bonds. The third-order valence-corrected chi connectivity index (χ3v) is 3.80. The minimum atomic E-state index is 0.274. The Morgan fingerprint density at radius 3 is 2.68 bits per heavy atom. The summed E-state index contributed by atoms with van der Waals surface area (Å²) in [5.41, 5.74) is 3.71. The zero-order valence-electron chi connectivity index (χ0n) is 11.2. The van der Waals surface area contributed by atoms with Crippen molar-refractivity contribution in [1.29, 1.82) is 0 Å². The molecule has 1 atom stereocenters. The van der Waals surface area contributed by atoms with Crippen molar-refractivity contribution in [2.75, 3.05) is 0 Å². The number of aryl methyl sites for hydroxylation is 1. The molecule has 0 saturated carbocycles. The standard InChI is InChI=1S/C16H18BrNO/c1-11-4-3-5-14(8-11)12(2)18-10-13-6-7-16(19)15(17)9-13/h3-9,12,18-19H,10H2,1-2H3/t12-/m1/s1. The van der Waals surface area contributed by atoms with Crippen molar-refractivity contribution >= 4 is 15.9 Å². The van der Waals surface area contributed by atoms with Gasteiger partial charge in [-0.15, -0.1) is 0 Å². The molecular weight excluding hydrogens is 302 g/mol. The van der Waals surface area contributed by atoms with Gasteiger partial charge in [0.15, 0.2) is 0 Å². The van der Waals surface area contributed by atoms with Crippen LogP contribution in [0.15, 0.2) is 46.9 Å². The molecule has 0 aromatic heterocycles. The molecule has 100 valence electrons. The molecule has 0 aliphatic carbocycles. The van der Waals surface area contributed by atoms with Gasteiger partial charge in [0.05, 0.1) is 4.47 Å². The zero-order chi connectivity index (χ0) is 13.8. The number of hydrogen-bond donors (Lipinski definition) is 2. The maximum Gasteiger partial charge on any atom is 0.129 e. The Morgan fingerprint density at radius 1 is 1.21 bits per heavy atom. The molecule has 0 radical (unpaired) electrons. The molecule has 0 spiro atoms. The molecule has 2 rings (SSSR count). The smallest absolute Gasteiger partial charge is 0.129 e. The Kier molecular flexibility index (Phi) is 4.61. The van der Waals surface area contributed by atoms with Crippen molar-refractivity contribution in [3.8, 4) is 5.75 Å². The Morgan fingerprint density at radius 2 is 2.00 bits per heavy atom. The molecule has 0 saturated heterocycles. The third-order valence-electron chi connectivity index (χ3n) is 3.17. The predicted molar refractivity (Wildman–Crippen MR) is 82.2 cm³/mol. The van der Waals surface area contributed by atoms with E-state index in [2.05, 4.69) is 59.4 Å². The molecule has 2 N–H and O–H groups in total. The second kappa shape index (κ2) is 6.22. The largest absolute Gasteiger partial charge is 0.507 e. The zero-order valence-corrected chi connectivity index (χ0v) is 12.7. The fourth-order valence-corrected chi connectivity index (χ4v) is 2.41. The first-order chi connectivity index (χ1) is 9.06. The minimum absolute atomic E-state index is 0.274. The van der Waals surface area contributed by atoms with Crippen molar-refractivity contribution in [2.24, 2.45) is 0 Å². The number of aromatic hydroxyl groups is 1. The van der Waals surface area contributed by atoms with Gasteiger partial charge in [-0.1, -0.05) is 35.9 Å². The Hall–Kier alpha value is -1.32. The molecular formula is C16H18BrNO. The molecule has 0 bridgehead atoms. The summed E-state index contributed by atoms with van der Waals surface area (Å²) in [6.45, 7) is 5.03. The summed E-state index contributed by atoms with van der Waals surface area (Å²) in [4.78, 5) is 0. The SMILES string of the molecule is Cc1cccc([C@@H](C)NCc2ccc(O)c(Br)c2)c1. The average molecular weight is 320 g/mol. The van der Waals surface area contributed by atoms with E-state index in [9.17, 15) is 5.11 Å². The number of nitrogens with one attached hydrogen (secondary N) is 1. The highest BCUT2D eigenvalue weighted by Gasteiger charge is 2.05. The van der Waals surface area contributed by atoms with Crippen LogP contribution in [0.5, 0.6) is 5.75 Å². The number of halogens is 1. The molecule has 2 nitrogen and oxygen atoms in total. The van der Waals surface area contributed by atoms with E-state index < -0.39 is 0 Å². The van der Waals surface area contributed by atoms with Gasteiger partial charge < -0.3 is 10.4 Å². The lowest BCUT2D eigenvalue weighted by Crippen LogP contribution is -2.18. The van der Waals surface area contributed by atoms with E-state index in [0.29, 0.717) is 6.04 Å². The third kappa shape index (κ3) is 3.82. The molecule has 19 heavy (non-hydrogen) atoms. The van der Waals surface area contributed by atoms with Crippen LogP contribution in [-0.4, -0.2) is 5.11 Å². The highest BCUT2D eigenvalue weighted by molar-refractivity contribution is 9.10. The molecule has 2 aromatic carbocycles. The van der Waals surface area contributed by atoms with E-state index in [1.807, 2.05) is 12.1 Å². The Balaban J connectivity index is 2.00. The molecule has 0 unspecified atom stereocenters. The van der Waals surface area contributed by atoms with Gasteiger partial charge in [-0.25, -0.2) is 0 Å². The topological polar surface area (TPSA) is 32.3 Å². The Bertz CT molecular complexity index is 568. The van der Waals surface area contributed by atoms with Gasteiger partial charge in [0, 0.05) is 12.6 Å². The first-order valence-electron chi connectivity index (χ1n) is 6.33. The highest BCUT2D eigenvalue weighted by Crippen LogP contribution is 2.24. The van der Waals surface area contributed by atoms with E-state index in [4.69, 9.17) is 0 Å². The minimum Gasteiger partial charge on any atom is -0.507 e. The lowest BCUT2D eigenvalue weighted by atomic mass is 10.1. The van der Waals surface area contributed by atoms with Crippen LogP contribution in [-0.2, 0) is 6.54 Å². The monoisotopic (exact) mass is 319 g/mol. The highest BCUT2D eigenvalue weighted by atomic mass is 79.9. The van der Waals surface area contributed by atoms with E-state index in [0.717, 1.165) is 16.6 Å². The van der Waals surface area contributed by atoms with Crippen LogP contribution in [0.2, 0.25) is 0 Å². The average Bonchev–Trinajstić information content (AvgIpc) is 2.40. The molecule has 0 fully saturated rings. The van der Waals surface area contributed by atoms with Crippen LogP contribution in [0.3, 0.4) is 0 Å². The van der Waals surface area contributed by atoms with Crippen LogP contribution in [0.25, 0.3) is 0 Å². The normalized spacial score (nSPS) is 12.4. The number of benzene rings is 2. The second-order valence-corrected chi connectivity index (χ2v) is 5.66. The van der Waals surface area contributed by atoms with Crippen LogP contribution in [0, 0.1) is 6.92 Å². The summed E-state index contributed by atoms with van der Waals surface area (Å²) in [7, 11) is 0. The molecule has 0 aliphatic rings. The second-order valence-electron chi connectivity index (χ2n) is 4.80. The molecule has 0 aliphatic heterocycles. The maximum absolute atomic E-state index is 9.46. The van der Waals surface area contributed by atoms with E-state index in [1.165, 1.54) is 11.1 Å². The van der Waals surface area contributed by atoms with Gasteiger partial charge in [-0.05, 0) is 53.0 Å². The van der Waals surface area contributed by atoms with Crippen LogP contribution < -0.4 is 5.32 Å². The van der Waals surface area contributed by atoms with Gasteiger partial charge >= 0.3 is 0 Å². The van der Waals surface area contributed by atoms with E-state index in [-0.39, 0.29) is 5.75 Å². The number of phenolic OH excluding ortho intramolecular Hbond substituents is 1. The lowest BCUT2D eigenvalue weighted by molar-refractivity contribution is 0.471. The van der Waals surface area contributed by atoms with Gasteiger partial charge in [0.1, 0.15) is 5.75 Å². The van der Waals surface area contributed by atoms with Crippen molar-refractivity contribution in [3.63, 3.8) is 0 Å². The van der Waals surface area contributed by atoms with Gasteiger partial charge in [-0.3, -0.25) is 0 Å². The van der Waals surface area contributed by atoms with E-state index in [1.54, 1.807) is 6.07 Å². The maximum atomic E-state index is 9.46. The lowest BCUT2D eigenvalue weighted by Gasteiger charge is -2.15. The van der Waals surface area contributed by atoms with Crippen molar-refractivity contribution in [3.05, 3.63) is 63.6 Å². The van der Waals surface area contributed by atoms with Crippen LogP contribution in [0.4, 0.5) is 0 Å². The summed E-state index contributed by atoms with van der Waals surface area (Å²) in [5, 5.41) is 12.9. The quantitative estimate of drug-likeness (QED) is 0.879. The number of hydrogen-bond acceptors (Lipinski definition) is 2. The van der Waals surface area contributed by atoms with Crippen molar-refractivity contribution < 1.29 is 5.11 Å². The molecule has 0 heterocycles. The summed E-state index contributed by atoms with van der Waals surface area (Å²) < 4.78 is 0.731. The van der Waals surface area contributed by atoms with Crippen LogP contribution in [0.1, 0.15) is 29.7 Å². The molecule has 2 aromatic rings.